The zero-order valence-electron chi connectivity index (χ0n) is 37.4. The Morgan fingerprint density at radius 3 is 0.883 bits per heavy atom. The summed E-state index contributed by atoms with van der Waals surface area (Å²) in [4.78, 5) is 38.5. The van der Waals surface area contributed by atoms with Crippen LogP contribution >= 0.6 is 0 Å². The summed E-state index contributed by atoms with van der Waals surface area (Å²) in [5, 5.41) is 46.1. The number of hydrogen-bond donors (Lipinski definition) is 7. The minimum atomic E-state index is -0.0220. The lowest BCUT2D eigenvalue weighted by Gasteiger charge is -2.01. The van der Waals surface area contributed by atoms with E-state index in [2.05, 4.69) is 166 Å². The van der Waals surface area contributed by atoms with Crippen molar-refractivity contribution < 1.29 is 0 Å². The second kappa shape index (κ2) is 28.8. The molecular weight excluding hydrogens is 767 g/mol. The van der Waals surface area contributed by atoms with Gasteiger partial charge < -0.3 is 9.97 Å². The molecule has 60 heavy (non-hydrogen) atoms. The van der Waals surface area contributed by atoms with Gasteiger partial charge in [0.2, 0.25) is 11.1 Å². The first kappa shape index (κ1) is 51.5. The van der Waals surface area contributed by atoms with Crippen LogP contribution in [0, 0.1) is 0 Å². The molecule has 0 saturated carbocycles. The topological polar surface area (TPSA) is 299 Å². The summed E-state index contributed by atoms with van der Waals surface area (Å²) >= 11 is 0. The number of tetrazole rings is 2. The normalized spacial score (nSPS) is 10.3. The molecule has 0 aliphatic carbocycles. The van der Waals surface area contributed by atoms with Crippen LogP contribution in [0.1, 0.15) is 179 Å². The molecule has 0 radical (unpaired) electrons. The molecule has 328 valence electrons. The van der Waals surface area contributed by atoms with Gasteiger partial charge in [0.05, 0.1) is 0 Å². The minimum absolute atomic E-state index is 0.0220. The molecule has 0 aliphatic rings. The summed E-state index contributed by atoms with van der Waals surface area (Å²) < 4.78 is 0. The van der Waals surface area contributed by atoms with E-state index in [1.807, 2.05) is 39.8 Å². The van der Waals surface area contributed by atoms with E-state index in [1.54, 1.807) is 24.5 Å². The molecule has 7 aromatic heterocycles. The van der Waals surface area contributed by atoms with Crippen molar-refractivity contribution in [3.63, 3.8) is 0 Å². The Hall–Kier alpha value is -6.54. The second-order valence-corrected chi connectivity index (χ2v) is 15.2. The molecule has 7 N–H and O–H groups in total. The molecule has 0 saturated heterocycles. The van der Waals surface area contributed by atoms with Crippen LogP contribution in [-0.4, -0.2) is 96.8 Å². The number of nitrogens with one attached hydrogen (secondary N) is 7. The SMILES string of the molecule is CC(C)c1cc[nH]c(=O)c1.CC(C)c1cc[nH]c(=O)c1.CC(C)c1ncn[nH]1.CC(C)c1ncn[nH]1.CC(C)c1ncn[nH]1.CC(C)c1nn[nH]n1.CC(C)c1nn[nH]n1. The monoisotopic (exact) mass is 832 g/mol. The Kier molecular flexibility index (Phi) is 24.7. The van der Waals surface area contributed by atoms with Crippen molar-refractivity contribution in [2.24, 2.45) is 0 Å². The second-order valence-electron chi connectivity index (χ2n) is 15.2. The van der Waals surface area contributed by atoms with Crippen LogP contribution in [0.3, 0.4) is 0 Å². The highest BCUT2D eigenvalue weighted by atomic mass is 16.1. The number of aromatic amines is 7. The van der Waals surface area contributed by atoms with E-state index in [9.17, 15) is 9.59 Å². The van der Waals surface area contributed by atoms with Crippen molar-refractivity contribution >= 4 is 0 Å². The summed E-state index contributed by atoms with van der Waals surface area (Å²) in [6.07, 6.45) is 7.93. The van der Waals surface area contributed by atoms with Crippen molar-refractivity contribution in [1.29, 1.82) is 0 Å². The molecular formula is C39H65N19O2. The molecule has 0 bridgehead atoms. The lowest BCUT2D eigenvalue weighted by molar-refractivity contribution is 0.778. The quantitative estimate of drug-likeness (QED) is 0.0911. The number of hydrogen-bond acceptors (Lipinski definition) is 14. The van der Waals surface area contributed by atoms with Crippen LogP contribution in [0.4, 0.5) is 0 Å². The van der Waals surface area contributed by atoms with Gasteiger partial charge in [0.15, 0.2) is 11.6 Å². The Labute approximate surface area is 351 Å². The first-order valence-corrected chi connectivity index (χ1v) is 19.8. The molecule has 0 fully saturated rings. The third kappa shape index (κ3) is 22.4. The first-order chi connectivity index (χ1) is 28.4. The summed E-state index contributed by atoms with van der Waals surface area (Å²) in [7, 11) is 0. The number of pyridine rings is 2. The maximum atomic E-state index is 10.7. The van der Waals surface area contributed by atoms with Crippen molar-refractivity contribution in [3.8, 4) is 0 Å². The van der Waals surface area contributed by atoms with Gasteiger partial charge in [-0.3, -0.25) is 24.9 Å². The van der Waals surface area contributed by atoms with Crippen molar-refractivity contribution in [2.75, 3.05) is 0 Å². The lowest BCUT2D eigenvalue weighted by atomic mass is 10.1. The molecule has 0 atom stereocenters. The lowest BCUT2D eigenvalue weighted by Crippen LogP contribution is -2.04. The van der Waals surface area contributed by atoms with E-state index in [0.29, 0.717) is 41.4 Å². The van der Waals surface area contributed by atoms with Crippen LogP contribution in [-0.2, 0) is 0 Å². The number of aromatic nitrogens is 19. The van der Waals surface area contributed by atoms with Crippen molar-refractivity contribution in [3.05, 3.63) is 117 Å². The van der Waals surface area contributed by atoms with Gasteiger partial charge in [0.1, 0.15) is 36.5 Å². The summed E-state index contributed by atoms with van der Waals surface area (Å²) in [6.45, 7) is 28.8. The maximum Gasteiger partial charge on any atom is 0.248 e. The van der Waals surface area contributed by atoms with Crippen molar-refractivity contribution in [1.82, 2.24) is 96.8 Å². The highest BCUT2D eigenvalue weighted by Crippen LogP contribution is 2.10. The average molecular weight is 832 g/mol. The molecule has 0 amide bonds. The summed E-state index contributed by atoms with van der Waals surface area (Å²) in [5.41, 5.74) is 2.13. The zero-order chi connectivity index (χ0) is 45.0. The molecule has 7 rings (SSSR count). The number of H-pyrrole nitrogens is 7. The number of rotatable bonds is 7. The predicted octanol–water partition coefficient (Wildman–Crippen LogP) is 6.43. The van der Waals surface area contributed by atoms with Crippen LogP contribution in [0.2, 0.25) is 0 Å². The van der Waals surface area contributed by atoms with Gasteiger partial charge in [-0.1, -0.05) is 107 Å². The fourth-order valence-corrected chi connectivity index (χ4v) is 3.95. The third-order valence-electron chi connectivity index (χ3n) is 7.63. The average Bonchev–Trinajstić information content (AvgIpc) is 4.06. The Balaban J connectivity index is 0.000000351. The van der Waals surface area contributed by atoms with Gasteiger partial charge in [-0.15, -0.1) is 20.4 Å². The Morgan fingerprint density at radius 1 is 0.433 bits per heavy atom. The highest BCUT2D eigenvalue weighted by molar-refractivity contribution is 5.14. The zero-order valence-corrected chi connectivity index (χ0v) is 37.4. The molecule has 21 nitrogen and oxygen atoms in total. The fraction of sp³-hybridized carbons (Fsp3) is 0.538. The fourth-order valence-electron chi connectivity index (χ4n) is 3.95. The van der Waals surface area contributed by atoms with Crippen LogP contribution in [0.25, 0.3) is 0 Å². The van der Waals surface area contributed by atoms with Gasteiger partial charge in [-0.2, -0.15) is 25.7 Å². The van der Waals surface area contributed by atoms with Crippen LogP contribution < -0.4 is 11.1 Å². The Morgan fingerprint density at radius 2 is 0.750 bits per heavy atom. The third-order valence-corrected chi connectivity index (χ3v) is 7.63. The Bertz CT molecular complexity index is 1820. The molecule has 0 unspecified atom stereocenters. The van der Waals surface area contributed by atoms with E-state index in [-0.39, 0.29) is 11.1 Å². The van der Waals surface area contributed by atoms with Gasteiger partial charge in [-0.05, 0) is 35.1 Å². The molecule has 21 heteroatoms. The van der Waals surface area contributed by atoms with Crippen LogP contribution in [0.15, 0.2) is 65.2 Å². The molecule has 7 aromatic rings. The van der Waals surface area contributed by atoms with Crippen molar-refractivity contribution in [2.45, 2.75) is 138 Å². The van der Waals surface area contributed by atoms with E-state index in [0.717, 1.165) is 40.2 Å². The van der Waals surface area contributed by atoms with E-state index in [1.165, 1.54) is 19.0 Å². The largest absolute Gasteiger partial charge is 0.329 e. The smallest absolute Gasteiger partial charge is 0.248 e. The standard InChI is InChI=1S/2C8H11NO.3C5H9N3.2C4H8N4/c2*1-6(2)7-3-4-9-8(10)5-7;3*1-4(2)5-6-3-7-8-5;2*1-3(2)4-5-7-8-6-4/h2*3-6H,1-2H3,(H,9,10);3*3-4H,1-2H3,(H,6,7,8);2*3H,1-2H3,(H,5,6,7,8). The first-order valence-electron chi connectivity index (χ1n) is 19.8. The van der Waals surface area contributed by atoms with E-state index < -0.39 is 0 Å². The van der Waals surface area contributed by atoms with Gasteiger partial charge in [0, 0.05) is 54.1 Å². The predicted molar refractivity (Wildman–Crippen MR) is 230 cm³/mol. The van der Waals surface area contributed by atoms with E-state index in [4.69, 9.17) is 0 Å². The van der Waals surface area contributed by atoms with Gasteiger partial charge in [-0.25, -0.2) is 15.0 Å². The summed E-state index contributed by atoms with van der Waals surface area (Å²) in [6, 6.07) is 7.10. The summed E-state index contributed by atoms with van der Waals surface area (Å²) in [5.74, 6) is 7.36. The molecule has 0 aliphatic heterocycles. The minimum Gasteiger partial charge on any atom is -0.329 e. The van der Waals surface area contributed by atoms with E-state index >= 15 is 0 Å². The maximum absolute atomic E-state index is 10.7. The molecule has 0 spiro atoms. The van der Waals surface area contributed by atoms with Gasteiger partial charge in [0.25, 0.3) is 0 Å². The molecule has 0 aromatic carbocycles. The highest BCUT2D eigenvalue weighted by Gasteiger charge is 2.03. The number of nitrogens with zero attached hydrogens (tertiary/aromatic N) is 12. The van der Waals surface area contributed by atoms with Crippen LogP contribution in [0.5, 0.6) is 0 Å². The molecule has 7 heterocycles. The van der Waals surface area contributed by atoms with Gasteiger partial charge >= 0.3 is 0 Å².